The molecule has 0 aliphatic carbocycles. The van der Waals surface area contributed by atoms with Crippen LogP contribution in [-0.4, -0.2) is 39.4 Å². The van der Waals surface area contributed by atoms with Crippen molar-refractivity contribution in [3.8, 4) is 6.07 Å². The van der Waals surface area contributed by atoms with Gasteiger partial charge in [0.1, 0.15) is 0 Å². The van der Waals surface area contributed by atoms with Gasteiger partial charge in [0.25, 0.3) is 0 Å². The molecule has 7 heteroatoms. The van der Waals surface area contributed by atoms with Crippen molar-refractivity contribution in [1.82, 2.24) is 9.62 Å². The predicted octanol–water partition coefficient (Wildman–Crippen LogP) is 0.509. The lowest BCUT2D eigenvalue weighted by Crippen LogP contribution is -2.37. The van der Waals surface area contributed by atoms with Crippen LogP contribution in [0.15, 0.2) is 29.2 Å². The van der Waals surface area contributed by atoms with Crippen molar-refractivity contribution in [2.24, 2.45) is 0 Å². The van der Waals surface area contributed by atoms with E-state index in [4.69, 9.17) is 5.26 Å². The molecule has 1 N–H and O–H groups in total. The number of carbonyl (C=O) groups excluding carboxylic acids is 1. The highest BCUT2D eigenvalue weighted by Crippen LogP contribution is 2.10. The fraction of sp³-hybridized carbons (Fsp3) is 0.385. The summed E-state index contributed by atoms with van der Waals surface area (Å²) in [5, 5.41) is 8.55. The first-order valence-electron chi connectivity index (χ1n) is 6.10. The molecule has 0 fully saturated rings. The molecule has 20 heavy (non-hydrogen) atoms. The van der Waals surface area contributed by atoms with Crippen LogP contribution in [0.5, 0.6) is 0 Å². The number of likely N-dealkylation sites (N-methyl/N-ethyl adjacent to an activating group) is 1. The highest BCUT2D eigenvalue weighted by Gasteiger charge is 2.16. The maximum absolute atomic E-state index is 12.0. The maximum atomic E-state index is 12.0. The molecule has 0 aliphatic heterocycles. The molecule has 6 nitrogen and oxygen atoms in total. The van der Waals surface area contributed by atoms with Gasteiger partial charge in [-0.3, -0.25) is 4.79 Å². The third-order valence-corrected chi connectivity index (χ3v) is 4.25. The van der Waals surface area contributed by atoms with Gasteiger partial charge in [-0.25, -0.2) is 13.1 Å². The topological polar surface area (TPSA) is 90.3 Å². The number of hydrogen-bond acceptors (Lipinski definition) is 4. The van der Waals surface area contributed by atoms with Gasteiger partial charge in [-0.15, -0.1) is 0 Å². The monoisotopic (exact) mass is 295 g/mol. The Labute approximate surface area is 119 Å². The van der Waals surface area contributed by atoms with E-state index < -0.39 is 10.0 Å². The van der Waals surface area contributed by atoms with Crippen molar-refractivity contribution in [1.29, 1.82) is 5.26 Å². The largest absolute Gasteiger partial charge is 0.345 e. The summed E-state index contributed by atoms with van der Waals surface area (Å²) in [4.78, 5) is 13.1. The second-order valence-corrected chi connectivity index (χ2v) is 5.98. The molecule has 0 unspecified atom stereocenters. The number of sulfonamides is 1. The van der Waals surface area contributed by atoms with Gasteiger partial charge in [0.15, 0.2) is 0 Å². The molecule has 0 aromatic heterocycles. The molecular formula is C13H17N3O3S. The zero-order valence-electron chi connectivity index (χ0n) is 11.5. The van der Waals surface area contributed by atoms with E-state index >= 15 is 0 Å². The van der Waals surface area contributed by atoms with Crippen molar-refractivity contribution in [3.63, 3.8) is 0 Å². The fourth-order valence-electron chi connectivity index (χ4n) is 1.43. The summed E-state index contributed by atoms with van der Waals surface area (Å²) in [6.45, 7) is 2.05. The van der Waals surface area contributed by atoms with E-state index in [1.54, 1.807) is 26.1 Å². The lowest BCUT2D eigenvalue weighted by molar-refractivity contribution is -0.128. The molecular weight excluding hydrogens is 278 g/mol. The molecule has 0 saturated heterocycles. The zero-order chi connectivity index (χ0) is 15.2. The van der Waals surface area contributed by atoms with Crippen molar-refractivity contribution >= 4 is 15.9 Å². The van der Waals surface area contributed by atoms with E-state index in [1.807, 2.05) is 6.07 Å². The summed E-state index contributed by atoms with van der Waals surface area (Å²) in [6.07, 6.45) is 0.230. The molecule has 0 bridgehead atoms. The van der Waals surface area contributed by atoms with Gasteiger partial charge in [-0.1, -0.05) is 12.1 Å². The van der Waals surface area contributed by atoms with Crippen LogP contribution < -0.4 is 4.72 Å². The maximum Gasteiger partial charge on any atom is 0.241 e. The third kappa shape index (κ3) is 4.33. The van der Waals surface area contributed by atoms with Crippen LogP contribution in [0.1, 0.15) is 12.5 Å². The van der Waals surface area contributed by atoms with Crippen LogP contribution in [0.25, 0.3) is 0 Å². The summed E-state index contributed by atoms with van der Waals surface area (Å²) < 4.78 is 26.2. The second-order valence-electron chi connectivity index (χ2n) is 4.21. The summed E-state index contributed by atoms with van der Waals surface area (Å²) in [5.74, 6) is -0.294. The van der Waals surface area contributed by atoms with Crippen molar-refractivity contribution in [3.05, 3.63) is 29.8 Å². The molecule has 0 heterocycles. The van der Waals surface area contributed by atoms with Gasteiger partial charge < -0.3 is 4.90 Å². The van der Waals surface area contributed by atoms with E-state index in [1.165, 1.54) is 17.0 Å². The van der Waals surface area contributed by atoms with Gasteiger partial charge in [0, 0.05) is 13.6 Å². The Hall–Kier alpha value is -1.91. The standard InChI is InChI=1S/C13H17N3O3S/c1-3-16(2)13(17)10-15-20(18,19)12-6-4-11(5-7-12)8-9-14/h4-7,15H,3,8,10H2,1-2H3. The van der Waals surface area contributed by atoms with Crippen molar-refractivity contribution in [2.45, 2.75) is 18.2 Å². The molecule has 1 aromatic rings. The number of amides is 1. The Balaban J connectivity index is 2.74. The van der Waals surface area contributed by atoms with Crippen LogP contribution >= 0.6 is 0 Å². The normalized spacial score (nSPS) is 10.8. The first-order valence-corrected chi connectivity index (χ1v) is 7.58. The average molecular weight is 295 g/mol. The highest BCUT2D eigenvalue weighted by atomic mass is 32.2. The Morgan fingerprint density at radius 2 is 1.95 bits per heavy atom. The number of benzene rings is 1. The lowest BCUT2D eigenvalue weighted by atomic mass is 10.2. The average Bonchev–Trinajstić information content (AvgIpc) is 2.45. The molecule has 0 atom stereocenters. The van der Waals surface area contributed by atoms with Gasteiger partial charge in [-0.2, -0.15) is 5.26 Å². The quantitative estimate of drug-likeness (QED) is 0.828. The number of rotatable bonds is 6. The molecule has 1 rings (SSSR count). The number of hydrogen-bond donors (Lipinski definition) is 1. The molecule has 108 valence electrons. The van der Waals surface area contributed by atoms with Crippen molar-refractivity contribution < 1.29 is 13.2 Å². The Bertz CT molecular complexity index is 603. The highest BCUT2D eigenvalue weighted by molar-refractivity contribution is 7.89. The van der Waals surface area contributed by atoms with Crippen LogP contribution in [0.3, 0.4) is 0 Å². The predicted molar refractivity (Wildman–Crippen MR) is 74.3 cm³/mol. The second kappa shape index (κ2) is 7.03. The number of carbonyl (C=O) groups is 1. The SMILES string of the molecule is CCN(C)C(=O)CNS(=O)(=O)c1ccc(CC#N)cc1. The number of nitrogens with zero attached hydrogens (tertiary/aromatic N) is 2. The summed E-state index contributed by atoms with van der Waals surface area (Å²) >= 11 is 0. The lowest BCUT2D eigenvalue weighted by Gasteiger charge is -2.14. The first kappa shape index (κ1) is 16.1. The smallest absolute Gasteiger partial charge is 0.241 e. The van der Waals surface area contributed by atoms with E-state index in [9.17, 15) is 13.2 Å². The van der Waals surface area contributed by atoms with E-state index in [-0.39, 0.29) is 23.8 Å². The van der Waals surface area contributed by atoms with Gasteiger partial charge in [0.05, 0.1) is 23.9 Å². The summed E-state index contributed by atoms with van der Waals surface area (Å²) in [6, 6.07) is 7.99. The first-order chi connectivity index (χ1) is 9.40. The Morgan fingerprint density at radius 1 is 1.35 bits per heavy atom. The Kier molecular flexibility index (Phi) is 5.67. The molecule has 0 saturated carbocycles. The van der Waals surface area contributed by atoms with Gasteiger partial charge in [0.2, 0.25) is 15.9 Å². The number of nitrogens with one attached hydrogen (secondary N) is 1. The summed E-state index contributed by atoms with van der Waals surface area (Å²) in [7, 11) is -2.10. The van der Waals surface area contributed by atoms with E-state index in [2.05, 4.69) is 4.72 Å². The summed E-state index contributed by atoms with van der Waals surface area (Å²) in [5.41, 5.74) is 0.744. The molecule has 0 radical (unpaired) electrons. The van der Waals surface area contributed by atoms with Crippen LogP contribution in [0, 0.1) is 11.3 Å². The van der Waals surface area contributed by atoms with Gasteiger partial charge >= 0.3 is 0 Å². The minimum absolute atomic E-state index is 0.0751. The number of nitriles is 1. The van der Waals surface area contributed by atoms with Crippen LogP contribution in [0.4, 0.5) is 0 Å². The third-order valence-electron chi connectivity index (χ3n) is 2.83. The van der Waals surface area contributed by atoms with E-state index in [0.717, 1.165) is 5.56 Å². The van der Waals surface area contributed by atoms with Crippen molar-refractivity contribution in [2.75, 3.05) is 20.1 Å². The zero-order valence-corrected chi connectivity index (χ0v) is 12.3. The molecule has 1 amide bonds. The van der Waals surface area contributed by atoms with E-state index in [0.29, 0.717) is 6.54 Å². The Morgan fingerprint density at radius 3 is 2.45 bits per heavy atom. The molecule has 0 spiro atoms. The minimum atomic E-state index is -3.71. The molecule has 0 aliphatic rings. The van der Waals surface area contributed by atoms with Crippen LogP contribution in [0.2, 0.25) is 0 Å². The molecule has 1 aromatic carbocycles. The minimum Gasteiger partial charge on any atom is -0.345 e. The van der Waals surface area contributed by atoms with Crippen LogP contribution in [-0.2, 0) is 21.2 Å². The van der Waals surface area contributed by atoms with Gasteiger partial charge in [-0.05, 0) is 24.6 Å². The fourth-order valence-corrected chi connectivity index (χ4v) is 2.40.